The fourth-order valence-corrected chi connectivity index (χ4v) is 2.29. The minimum Gasteiger partial charge on any atom is -0.391 e. The van der Waals surface area contributed by atoms with Crippen LogP contribution >= 0.6 is 11.3 Å². The van der Waals surface area contributed by atoms with Crippen molar-refractivity contribution in [2.45, 2.75) is 52.6 Å². The van der Waals surface area contributed by atoms with Crippen LogP contribution in [0.5, 0.6) is 0 Å². The number of nitrogens with zero attached hydrogens (tertiary/aromatic N) is 1. The first-order valence-electron chi connectivity index (χ1n) is 5.09. The minimum atomic E-state index is 0.0978. The minimum absolute atomic E-state index is 0.0978. The highest BCUT2D eigenvalue weighted by Gasteiger charge is 2.20. The summed E-state index contributed by atoms with van der Waals surface area (Å²) in [6.07, 6.45) is 2.06. The van der Waals surface area contributed by atoms with E-state index in [0.717, 1.165) is 28.4 Å². The molecule has 1 aromatic rings. The van der Waals surface area contributed by atoms with E-state index in [1.54, 1.807) is 11.3 Å². The zero-order valence-electron chi connectivity index (χ0n) is 9.42. The maximum Gasteiger partial charge on any atom is 0.0985 e. The Morgan fingerprint density at radius 2 is 2.00 bits per heavy atom. The van der Waals surface area contributed by atoms with E-state index in [2.05, 4.69) is 32.7 Å². The largest absolute Gasteiger partial charge is 0.391 e. The van der Waals surface area contributed by atoms with Gasteiger partial charge in [0.05, 0.1) is 22.2 Å². The zero-order chi connectivity index (χ0) is 10.8. The maximum atomic E-state index is 9.19. The Bertz CT molecular complexity index is 299. The summed E-state index contributed by atoms with van der Waals surface area (Å²) in [6.45, 7) is 8.73. The van der Waals surface area contributed by atoms with Crippen molar-refractivity contribution in [1.29, 1.82) is 0 Å². The van der Waals surface area contributed by atoms with Gasteiger partial charge in [-0.25, -0.2) is 4.98 Å². The molecule has 1 rings (SSSR count). The fraction of sp³-hybridized carbons (Fsp3) is 0.727. The SMILES string of the molecule is CCCc1nc(C(C)(C)C)sc1CO. The lowest BCUT2D eigenvalue weighted by Crippen LogP contribution is -2.10. The van der Waals surface area contributed by atoms with E-state index in [1.807, 2.05) is 0 Å². The summed E-state index contributed by atoms with van der Waals surface area (Å²) < 4.78 is 0. The standard InChI is InChI=1S/C11H19NOS/c1-5-6-8-9(7-13)14-10(12-8)11(2,3)4/h13H,5-7H2,1-4H3. The highest BCUT2D eigenvalue weighted by atomic mass is 32.1. The summed E-state index contributed by atoms with van der Waals surface area (Å²) >= 11 is 1.65. The molecule has 0 radical (unpaired) electrons. The molecular formula is C11H19NOS. The quantitative estimate of drug-likeness (QED) is 0.837. The lowest BCUT2D eigenvalue weighted by molar-refractivity contribution is 0.284. The molecule has 0 fully saturated rings. The molecule has 3 heteroatoms. The van der Waals surface area contributed by atoms with Crippen molar-refractivity contribution in [2.24, 2.45) is 0 Å². The van der Waals surface area contributed by atoms with Gasteiger partial charge in [-0.3, -0.25) is 0 Å². The molecule has 0 spiro atoms. The average Bonchev–Trinajstić information content (AvgIpc) is 2.47. The molecule has 0 aliphatic rings. The number of aromatic nitrogens is 1. The molecule has 0 aliphatic carbocycles. The lowest BCUT2D eigenvalue weighted by Gasteiger charge is -2.13. The van der Waals surface area contributed by atoms with E-state index < -0.39 is 0 Å². The number of thiazole rings is 1. The van der Waals surface area contributed by atoms with Gasteiger partial charge in [0.1, 0.15) is 0 Å². The van der Waals surface area contributed by atoms with Crippen LogP contribution in [0.2, 0.25) is 0 Å². The van der Waals surface area contributed by atoms with Gasteiger partial charge in [0.2, 0.25) is 0 Å². The Morgan fingerprint density at radius 1 is 1.36 bits per heavy atom. The van der Waals surface area contributed by atoms with Crippen molar-refractivity contribution < 1.29 is 5.11 Å². The highest BCUT2D eigenvalue weighted by molar-refractivity contribution is 7.11. The second-order valence-corrected chi connectivity index (χ2v) is 5.63. The van der Waals surface area contributed by atoms with Crippen LogP contribution in [0.25, 0.3) is 0 Å². The topological polar surface area (TPSA) is 33.1 Å². The van der Waals surface area contributed by atoms with E-state index in [9.17, 15) is 5.11 Å². The molecule has 0 aromatic carbocycles. The molecule has 14 heavy (non-hydrogen) atoms. The van der Waals surface area contributed by atoms with Crippen LogP contribution in [0.3, 0.4) is 0 Å². The first-order chi connectivity index (χ1) is 6.49. The molecule has 80 valence electrons. The maximum absolute atomic E-state index is 9.19. The Morgan fingerprint density at radius 3 is 2.43 bits per heavy atom. The number of aryl methyl sites for hydroxylation is 1. The van der Waals surface area contributed by atoms with Gasteiger partial charge in [-0.1, -0.05) is 34.1 Å². The number of hydrogen-bond donors (Lipinski definition) is 1. The molecule has 0 saturated heterocycles. The van der Waals surface area contributed by atoms with E-state index in [-0.39, 0.29) is 12.0 Å². The lowest BCUT2D eigenvalue weighted by atomic mass is 9.98. The second kappa shape index (κ2) is 4.41. The number of hydrogen-bond acceptors (Lipinski definition) is 3. The average molecular weight is 213 g/mol. The Hall–Kier alpha value is -0.410. The van der Waals surface area contributed by atoms with E-state index >= 15 is 0 Å². The molecule has 1 N–H and O–H groups in total. The molecule has 0 bridgehead atoms. The summed E-state index contributed by atoms with van der Waals surface area (Å²) in [5.74, 6) is 0. The summed E-state index contributed by atoms with van der Waals surface area (Å²) in [5.41, 5.74) is 1.19. The first-order valence-corrected chi connectivity index (χ1v) is 5.90. The predicted molar refractivity (Wildman–Crippen MR) is 60.7 cm³/mol. The van der Waals surface area contributed by atoms with E-state index in [1.165, 1.54) is 0 Å². The molecule has 0 amide bonds. The predicted octanol–water partition coefficient (Wildman–Crippen LogP) is 2.89. The molecule has 0 aliphatic heterocycles. The zero-order valence-corrected chi connectivity index (χ0v) is 10.2. The third-order valence-electron chi connectivity index (χ3n) is 2.05. The van der Waals surface area contributed by atoms with Crippen LogP contribution < -0.4 is 0 Å². The van der Waals surface area contributed by atoms with Gasteiger partial charge < -0.3 is 5.11 Å². The van der Waals surface area contributed by atoms with Gasteiger partial charge >= 0.3 is 0 Å². The van der Waals surface area contributed by atoms with Crippen molar-refractivity contribution in [2.75, 3.05) is 0 Å². The van der Waals surface area contributed by atoms with Crippen LogP contribution in [0.1, 0.15) is 49.7 Å². The Labute approximate surface area is 90.0 Å². The van der Waals surface area contributed by atoms with Gasteiger partial charge in [0.15, 0.2) is 0 Å². The smallest absolute Gasteiger partial charge is 0.0985 e. The van der Waals surface area contributed by atoms with E-state index in [4.69, 9.17) is 0 Å². The normalized spacial score (nSPS) is 12.1. The number of aliphatic hydroxyl groups excluding tert-OH is 1. The van der Waals surface area contributed by atoms with Crippen LogP contribution in [-0.4, -0.2) is 10.1 Å². The third kappa shape index (κ3) is 2.55. The van der Waals surface area contributed by atoms with E-state index in [0.29, 0.717) is 0 Å². The summed E-state index contributed by atoms with van der Waals surface area (Å²) in [4.78, 5) is 5.64. The summed E-state index contributed by atoms with van der Waals surface area (Å²) in [7, 11) is 0. The Kier molecular flexibility index (Phi) is 3.67. The second-order valence-electron chi connectivity index (χ2n) is 4.55. The highest BCUT2D eigenvalue weighted by Crippen LogP contribution is 2.29. The summed E-state index contributed by atoms with van der Waals surface area (Å²) in [6, 6.07) is 0. The Balaban J connectivity index is 3.00. The molecule has 2 nitrogen and oxygen atoms in total. The van der Waals surface area contributed by atoms with Gasteiger partial charge in [-0.05, 0) is 6.42 Å². The first kappa shape index (κ1) is 11.7. The van der Waals surface area contributed by atoms with Crippen LogP contribution in [0.4, 0.5) is 0 Å². The summed E-state index contributed by atoms with van der Waals surface area (Å²) in [5, 5.41) is 10.3. The van der Waals surface area contributed by atoms with Crippen molar-refractivity contribution in [3.63, 3.8) is 0 Å². The third-order valence-corrected chi connectivity index (χ3v) is 3.56. The fourth-order valence-electron chi connectivity index (χ4n) is 1.26. The van der Waals surface area contributed by atoms with Gasteiger partial charge in [0, 0.05) is 5.41 Å². The monoisotopic (exact) mass is 213 g/mol. The molecule has 0 atom stereocenters. The van der Waals surface area contributed by atoms with Crippen molar-refractivity contribution in [3.05, 3.63) is 15.6 Å². The molecule has 1 aromatic heterocycles. The van der Waals surface area contributed by atoms with Crippen molar-refractivity contribution in [3.8, 4) is 0 Å². The van der Waals surface area contributed by atoms with Crippen molar-refractivity contribution in [1.82, 2.24) is 4.98 Å². The van der Waals surface area contributed by atoms with Gasteiger partial charge in [0.25, 0.3) is 0 Å². The number of rotatable bonds is 3. The van der Waals surface area contributed by atoms with Crippen LogP contribution in [0.15, 0.2) is 0 Å². The van der Waals surface area contributed by atoms with Gasteiger partial charge in [-0.15, -0.1) is 11.3 Å². The van der Waals surface area contributed by atoms with Crippen LogP contribution in [-0.2, 0) is 18.4 Å². The number of aliphatic hydroxyl groups is 1. The van der Waals surface area contributed by atoms with Gasteiger partial charge in [-0.2, -0.15) is 0 Å². The molecular weight excluding hydrogens is 194 g/mol. The molecule has 0 unspecified atom stereocenters. The molecule has 1 heterocycles. The van der Waals surface area contributed by atoms with Crippen molar-refractivity contribution >= 4 is 11.3 Å². The van der Waals surface area contributed by atoms with Crippen LogP contribution in [0, 0.1) is 0 Å². The molecule has 0 saturated carbocycles.